The Labute approximate surface area is 192 Å². The number of anilines is 1. The number of carbonyl (C=O) groups excluding carboxylic acids is 2. The van der Waals surface area contributed by atoms with Crippen LogP contribution in [0.15, 0.2) is 44.2 Å². The van der Waals surface area contributed by atoms with Crippen LogP contribution in [0.25, 0.3) is 0 Å². The highest BCUT2D eigenvalue weighted by Gasteiger charge is 2.18. The average Bonchev–Trinajstić information content (AvgIpc) is 3.39. The zero-order valence-corrected chi connectivity index (χ0v) is 19.8. The number of sulfonamides is 1. The molecule has 32 heavy (non-hydrogen) atoms. The summed E-state index contributed by atoms with van der Waals surface area (Å²) in [4.78, 5) is 28.5. The van der Waals surface area contributed by atoms with Gasteiger partial charge >= 0.3 is 0 Å². The second kappa shape index (κ2) is 10.2. The molecule has 2 amide bonds. The van der Waals surface area contributed by atoms with Crippen molar-refractivity contribution in [2.24, 2.45) is 0 Å². The Balaban J connectivity index is 1.48. The van der Waals surface area contributed by atoms with Gasteiger partial charge in [0.2, 0.25) is 21.8 Å². The van der Waals surface area contributed by atoms with Crippen LogP contribution in [0.4, 0.5) is 5.13 Å². The first-order chi connectivity index (χ1) is 15.1. The van der Waals surface area contributed by atoms with E-state index in [4.69, 9.17) is 4.42 Å². The Morgan fingerprint density at radius 3 is 2.53 bits per heavy atom. The molecule has 1 aromatic carbocycles. The lowest BCUT2D eigenvalue weighted by atomic mass is 10.2. The Morgan fingerprint density at radius 1 is 1.19 bits per heavy atom. The lowest BCUT2D eigenvalue weighted by Crippen LogP contribution is -2.24. The molecule has 0 aliphatic carbocycles. The minimum absolute atomic E-state index is 0.0191. The number of benzene rings is 1. The lowest BCUT2D eigenvalue weighted by molar-refractivity contribution is -0.113. The summed E-state index contributed by atoms with van der Waals surface area (Å²) in [6.45, 7) is 1.82. The van der Waals surface area contributed by atoms with E-state index in [2.05, 4.69) is 25.8 Å². The Kier molecular flexibility index (Phi) is 7.60. The van der Waals surface area contributed by atoms with Crippen LogP contribution in [-0.2, 0) is 21.4 Å². The van der Waals surface area contributed by atoms with Crippen LogP contribution >= 0.6 is 23.1 Å². The standard InChI is InChI=1S/C18H20N6O5S3/c1-11-9-30-17(20-11)21-14(25)10-31-18-23-22-15(29-18)8-19-16(26)12-4-6-13(7-5-12)32(27,28)24(2)3/h4-7,9H,8,10H2,1-3H3,(H,19,26)(H,20,21,25). The molecule has 0 fully saturated rings. The van der Waals surface area contributed by atoms with E-state index in [0.717, 1.165) is 21.8 Å². The summed E-state index contributed by atoms with van der Waals surface area (Å²) < 4.78 is 30.7. The largest absolute Gasteiger partial charge is 0.414 e. The number of aryl methyl sites for hydroxylation is 1. The molecule has 3 rings (SSSR count). The van der Waals surface area contributed by atoms with Crippen molar-refractivity contribution in [2.75, 3.05) is 25.2 Å². The van der Waals surface area contributed by atoms with Gasteiger partial charge in [0.1, 0.15) is 0 Å². The normalized spacial score (nSPS) is 11.5. The van der Waals surface area contributed by atoms with Gasteiger partial charge in [-0.25, -0.2) is 17.7 Å². The van der Waals surface area contributed by atoms with E-state index in [9.17, 15) is 18.0 Å². The highest BCUT2D eigenvalue weighted by molar-refractivity contribution is 7.99. The third-order valence-electron chi connectivity index (χ3n) is 3.94. The number of carbonyl (C=O) groups is 2. The summed E-state index contributed by atoms with van der Waals surface area (Å²) in [5.41, 5.74) is 1.11. The molecule has 0 saturated carbocycles. The highest BCUT2D eigenvalue weighted by atomic mass is 32.2. The fourth-order valence-electron chi connectivity index (χ4n) is 2.31. The lowest BCUT2D eigenvalue weighted by Gasteiger charge is -2.11. The topological polar surface area (TPSA) is 147 Å². The SMILES string of the molecule is Cc1csc(NC(=O)CSc2nnc(CNC(=O)c3ccc(S(=O)(=O)N(C)C)cc3)o2)n1. The molecule has 2 aromatic heterocycles. The molecule has 0 saturated heterocycles. The highest BCUT2D eigenvalue weighted by Crippen LogP contribution is 2.19. The number of rotatable bonds is 9. The average molecular weight is 497 g/mol. The molecule has 2 heterocycles. The predicted octanol–water partition coefficient (Wildman–Crippen LogP) is 1.75. The molecular formula is C18H20N6O5S3. The summed E-state index contributed by atoms with van der Waals surface area (Å²) in [5, 5.41) is 15.5. The van der Waals surface area contributed by atoms with Crippen LogP contribution < -0.4 is 10.6 Å². The van der Waals surface area contributed by atoms with E-state index in [1.165, 1.54) is 49.7 Å². The molecule has 0 aliphatic heterocycles. The van der Waals surface area contributed by atoms with Crippen molar-refractivity contribution in [2.45, 2.75) is 23.6 Å². The van der Waals surface area contributed by atoms with E-state index < -0.39 is 15.9 Å². The molecule has 0 bridgehead atoms. The van der Waals surface area contributed by atoms with Gasteiger partial charge in [-0.1, -0.05) is 11.8 Å². The molecule has 2 N–H and O–H groups in total. The summed E-state index contributed by atoms with van der Waals surface area (Å²) in [6.07, 6.45) is 0. The number of thioether (sulfide) groups is 1. The van der Waals surface area contributed by atoms with Crippen LogP contribution in [0.3, 0.4) is 0 Å². The maximum absolute atomic E-state index is 12.3. The van der Waals surface area contributed by atoms with Gasteiger partial charge in [-0.05, 0) is 31.2 Å². The summed E-state index contributed by atoms with van der Waals surface area (Å²) >= 11 is 2.40. The smallest absolute Gasteiger partial charge is 0.277 e. The number of nitrogens with one attached hydrogen (secondary N) is 2. The van der Waals surface area contributed by atoms with Crippen molar-refractivity contribution in [1.82, 2.24) is 24.8 Å². The van der Waals surface area contributed by atoms with Crippen molar-refractivity contribution < 1.29 is 22.4 Å². The third kappa shape index (κ3) is 6.12. The van der Waals surface area contributed by atoms with Crippen molar-refractivity contribution in [3.63, 3.8) is 0 Å². The second-order valence-corrected chi connectivity index (χ2v) is 10.5. The van der Waals surface area contributed by atoms with Gasteiger partial charge in [-0.3, -0.25) is 9.59 Å². The minimum atomic E-state index is -3.57. The first kappa shape index (κ1) is 23.8. The van der Waals surface area contributed by atoms with E-state index in [0.29, 0.717) is 5.13 Å². The number of thiazole rings is 1. The molecule has 3 aromatic rings. The molecule has 11 nitrogen and oxygen atoms in total. The van der Waals surface area contributed by atoms with Gasteiger partial charge in [0.15, 0.2) is 5.13 Å². The maximum atomic E-state index is 12.3. The zero-order valence-electron chi connectivity index (χ0n) is 17.4. The molecule has 0 unspecified atom stereocenters. The van der Waals surface area contributed by atoms with E-state index in [1.807, 2.05) is 12.3 Å². The van der Waals surface area contributed by atoms with Crippen LogP contribution in [0.2, 0.25) is 0 Å². The van der Waals surface area contributed by atoms with Gasteiger partial charge in [0, 0.05) is 25.0 Å². The Bertz CT molecular complexity index is 1200. The molecule has 0 spiro atoms. The van der Waals surface area contributed by atoms with Crippen LogP contribution in [0, 0.1) is 6.92 Å². The fourth-order valence-corrected chi connectivity index (χ4v) is 4.50. The molecule has 0 aliphatic rings. The molecule has 170 valence electrons. The summed E-state index contributed by atoms with van der Waals surface area (Å²) in [7, 11) is -0.702. The second-order valence-electron chi connectivity index (χ2n) is 6.59. The number of aromatic nitrogens is 3. The van der Waals surface area contributed by atoms with Crippen molar-refractivity contribution in [3.8, 4) is 0 Å². The Morgan fingerprint density at radius 2 is 1.91 bits per heavy atom. The van der Waals surface area contributed by atoms with Gasteiger partial charge in [0.05, 0.1) is 22.9 Å². The van der Waals surface area contributed by atoms with Crippen molar-refractivity contribution in [3.05, 3.63) is 46.8 Å². The maximum Gasteiger partial charge on any atom is 0.277 e. The molecule has 0 radical (unpaired) electrons. The van der Waals surface area contributed by atoms with Crippen LogP contribution in [0.5, 0.6) is 0 Å². The van der Waals surface area contributed by atoms with E-state index in [1.54, 1.807) is 0 Å². The first-order valence-corrected chi connectivity index (χ1v) is 12.4. The van der Waals surface area contributed by atoms with Crippen molar-refractivity contribution >= 4 is 50.1 Å². The number of amides is 2. The summed E-state index contributed by atoms with van der Waals surface area (Å²) in [6, 6.07) is 5.57. The predicted molar refractivity (Wildman–Crippen MR) is 119 cm³/mol. The van der Waals surface area contributed by atoms with E-state index >= 15 is 0 Å². The number of nitrogens with zero attached hydrogens (tertiary/aromatic N) is 4. The summed E-state index contributed by atoms with van der Waals surface area (Å²) in [5.74, 6) is -0.445. The molecule has 0 atom stereocenters. The van der Waals surface area contributed by atoms with Crippen LogP contribution in [-0.4, -0.2) is 59.6 Å². The number of hydrogen-bond donors (Lipinski definition) is 2. The quantitative estimate of drug-likeness (QED) is 0.423. The van der Waals surface area contributed by atoms with E-state index in [-0.39, 0.29) is 39.8 Å². The minimum Gasteiger partial charge on any atom is -0.414 e. The third-order valence-corrected chi connectivity index (χ3v) is 7.46. The molecular weight excluding hydrogens is 476 g/mol. The first-order valence-electron chi connectivity index (χ1n) is 9.13. The van der Waals surface area contributed by atoms with Gasteiger partial charge in [-0.2, -0.15) is 0 Å². The van der Waals surface area contributed by atoms with Gasteiger partial charge < -0.3 is 15.1 Å². The number of hydrogen-bond acceptors (Lipinski definition) is 10. The zero-order chi connectivity index (χ0) is 23.3. The van der Waals surface area contributed by atoms with Gasteiger partial charge in [-0.15, -0.1) is 21.5 Å². The van der Waals surface area contributed by atoms with Gasteiger partial charge in [0.25, 0.3) is 11.1 Å². The van der Waals surface area contributed by atoms with Crippen molar-refractivity contribution in [1.29, 1.82) is 0 Å². The Hall–Kier alpha value is -2.81. The fraction of sp³-hybridized carbons (Fsp3) is 0.278. The van der Waals surface area contributed by atoms with Crippen LogP contribution in [0.1, 0.15) is 21.9 Å². The molecule has 14 heteroatoms. The monoisotopic (exact) mass is 496 g/mol.